The predicted molar refractivity (Wildman–Crippen MR) is 81.0 cm³/mol. The zero-order valence-electron chi connectivity index (χ0n) is 12.0. The number of benzene rings is 1. The van der Waals surface area contributed by atoms with Crippen LogP contribution in [0.15, 0.2) is 28.8 Å². The van der Waals surface area contributed by atoms with E-state index in [9.17, 15) is 14.6 Å². The SMILES string of the molecule is CN(N=O)[C@@H]1CCc2c(c3cc(C(N)=O)ccc3n2N=O)C1. The van der Waals surface area contributed by atoms with Gasteiger partial charge in [0.05, 0.1) is 22.1 Å². The van der Waals surface area contributed by atoms with Crippen molar-refractivity contribution in [2.75, 3.05) is 7.05 Å². The van der Waals surface area contributed by atoms with Gasteiger partial charge in [-0.05, 0) is 43.0 Å². The second kappa shape index (κ2) is 5.21. The quantitative estimate of drug-likeness (QED) is 0.685. The Morgan fingerprint density at radius 3 is 2.82 bits per heavy atom. The minimum Gasteiger partial charge on any atom is -0.366 e. The van der Waals surface area contributed by atoms with E-state index in [0.29, 0.717) is 30.3 Å². The van der Waals surface area contributed by atoms with Gasteiger partial charge in [0, 0.05) is 23.7 Å². The Labute approximate surface area is 125 Å². The Morgan fingerprint density at radius 2 is 2.18 bits per heavy atom. The molecule has 0 fully saturated rings. The molecule has 2 aromatic rings. The van der Waals surface area contributed by atoms with Crippen molar-refractivity contribution >= 4 is 16.8 Å². The first-order valence-corrected chi connectivity index (χ1v) is 6.92. The summed E-state index contributed by atoms with van der Waals surface area (Å²) in [7, 11) is 1.63. The third kappa shape index (κ3) is 2.03. The maximum absolute atomic E-state index is 11.4. The maximum Gasteiger partial charge on any atom is 0.248 e. The minimum absolute atomic E-state index is 0.0343. The number of carbonyl (C=O) groups excluding carboxylic acids is 1. The summed E-state index contributed by atoms with van der Waals surface area (Å²) in [6, 6.07) is 4.89. The molecule has 0 saturated carbocycles. The molecule has 1 aromatic carbocycles. The van der Waals surface area contributed by atoms with Crippen molar-refractivity contribution in [1.29, 1.82) is 0 Å². The standard InChI is InChI=1S/C14H15N5O3/c1-18(16-21)9-3-5-13-11(7-9)10-6-8(14(15)20)2-4-12(10)19(13)17-22/h2,4,6,9H,3,5,7H2,1H3,(H2,15,20)/t9-/m1/s1. The zero-order chi connectivity index (χ0) is 15.9. The van der Waals surface area contributed by atoms with Crippen molar-refractivity contribution in [3.05, 3.63) is 44.8 Å². The molecule has 0 unspecified atom stereocenters. The van der Waals surface area contributed by atoms with Gasteiger partial charge in [0.2, 0.25) is 5.91 Å². The fourth-order valence-corrected chi connectivity index (χ4v) is 3.15. The lowest BCUT2D eigenvalue weighted by molar-refractivity contribution is 0.100. The number of nitrogens with zero attached hydrogens (tertiary/aromatic N) is 4. The molecule has 8 heteroatoms. The molecular weight excluding hydrogens is 286 g/mol. The average molecular weight is 301 g/mol. The molecule has 1 amide bonds. The summed E-state index contributed by atoms with van der Waals surface area (Å²) in [6.07, 6.45) is 1.90. The Kier molecular flexibility index (Phi) is 3.36. The van der Waals surface area contributed by atoms with Gasteiger partial charge in [-0.15, -0.1) is 9.81 Å². The van der Waals surface area contributed by atoms with Gasteiger partial charge in [-0.2, -0.15) is 0 Å². The Balaban J connectivity index is 2.18. The smallest absolute Gasteiger partial charge is 0.248 e. The van der Waals surface area contributed by atoms with Crippen LogP contribution in [0.3, 0.4) is 0 Å². The summed E-state index contributed by atoms with van der Waals surface area (Å²) in [4.78, 5) is 33.3. The number of amides is 1. The zero-order valence-corrected chi connectivity index (χ0v) is 12.0. The number of aromatic nitrogens is 1. The number of nitrogens with two attached hydrogens (primary N) is 1. The van der Waals surface area contributed by atoms with Gasteiger partial charge >= 0.3 is 0 Å². The molecular formula is C14H15N5O3. The molecule has 114 valence electrons. The molecule has 0 bridgehead atoms. The van der Waals surface area contributed by atoms with E-state index in [4.69, 9.17) is 5.73 Å². The number of carbonyl (C=O) groups is 1. The maximum atomic E-state index is 11.4. The number of likely N-dealkylation sites (N-methyl/N-ethyl adjacent to an activating group) is 1. The van der Waals surface area contributed by atoms with E-state index in [2.05, 4.69) is 10.6 Å². The van der Waals surface area contributed by atoms with E-state index in [1.165, 1.54) is 9.69 Å². The van der Waals surface area contributed by atoms with Gasteiger partial charge in [-0.3, -0.25) is 9.80 Å². The van der Waals surface area contributed by atoms with Gasteiger partial charge in [0.15, 0.2) is 0 Å². The topological polar surface area (TPSA) is 110 Å². The van der Waals surface area contributed by atoms with E-state index in [0.717, 1.165) is 16.6 Å². The lowest BCUT2D eigenvalue weighted by Crippen LogP contribution is -2.32. The second-order valence-electron chi connectivity index (χ2n) is 5.47. The third-order valence-electron chi connectivity index (χ3n) is 4.33. The second-order valence-corrected chi connectivity index (χ2v) is 5.47. The molecule has 1 aliphatic rings. The van der Waals surface area contributed by atoms with Gasteiger partial charge in [0.25, 0.3) is 0 Å². The fraction of sp³-hybridized carbons (Fsp3) is 0.357. The lowest BCUT2D eigenvalue weighted by atomic mass is 9.91. The third-order valence-corrected chi connectivity index (χ3v) is 4.33. The molecule has 22 heavy (non-hydrogen) atoms. The molecule has 0 spiro atoms. The first kappa shape index (κ1) is 14.2. The predicted octanol–water partition coefficient (Wildman–Crippen LogP) is 1.74. The number of hydrogen-bond acceptors (Lipinski definition) is 5. The number of fused-ring (bicyclic) bond motifs is 3. The summed E-state index contributed by atoms with van der Waals surface area (Å²) < 4.78 is 1.36. The van der Waals surface area contributed by atoms with Crippen LogP contribution in [0, 0.1) is 9.81 Å². The molecule has 0 aliphatic heterocycles. The van der Waals surface area contributed by atoms with Gasteiger partial charge in [-0.25, -0.2) is 4.68 Å². The summed E-state index contributed by atoms with van der Waals surface area (Å²) in [5.41, 5.74) is 8.09. The van der Waals surface area contributed by atoms with Crippen LogP contribution in [-0.2, 0) is 12.8 Å². The monoisotopic (exact) mass is 301 g/mol. The number of rotatable bonds is 4. The van der Waals surface area contributed by atoms with Crippen LogP contribution in [0.2, 0.25) is 0 Å². The highest BCUT2D eigenvalue weighted by molar-refractivity contribution is 5.98. The summed E-state index contributed by atoms with van der Waals surface area (Å²) in [5.74, 6) is -0.526. The number of primary amides is 1. The first-order chi connectivity index (χ1) is 10.6. The lowest BCUT2D eigenvalue weighted by Gasteiger charge is -2.27. The molecule has 3 rings (SSSR count). The van der Waals surface area contributed by atoms with E-state index in [-0.39, 0.29) is 6.04 Å². The van der Waals surface area contributed by atoms with Crippen molar-refractivity contribution in [2.24, 2.45) is 16.3 Å². The van der Waals surface area contributed by atoms with Crippen molar-refractivity contribution in [3.63, 3.8) is 0 Å². The van der Waals surface area contributed by atoms with E-state index >= 15 is 0 Å². The molecule has 1 aliphatic carbocycles. The molecule has 1 heterocycles. The van der Waals surface area contributed by atoms with Crippen LogP contribution in [0.1, 0.15) is 28.0 Å². The van der Waals surface area contributed by atoms with Crippen LogP contribution >= 0.6 is 0 Å². The molecule has 8 nitrogen and oxygen atoms in total. The van der Waals surface area contributed by atoms with E-state index in [1.54, 1.807) is 25.2 Å². The largest absolute Gasteiger partial charge is 0.366 e. The highest BCUT2D eigenvalue weighted by atomic mass is 16.3. The number of nitroso groups, excluding NO2 is 2. The van der Waals surface area contributed by atoms with Gasteiger partial charge in [0.1, 0.15) is 0 Å². The molecule has 2 N–H and O–H groups in total. The normalized spacial score (nSPS) is 17.0. The van der Waals surface area contributed by atoms with E-state index in [1.807, 2.05) is 0 Å². The van der Waals surface area contributed by atoms with Crippen LogP contribution in [0.4, 0.5) is 0 Å². The molecule has 1 atom stereocenters. The molecule has 0 radical (unpaired) electrons. The van der Waals surface area contributed by atoms with Crippen LogP contribution in [0.5, 0.6) is 0 Å². The number of hydrogen-bond donors (Lipinski definition) is 1. The van der Waals surface area contributed by atoms with Crippen molar-refractivity contribution in [3.8, 4) is 0 Å². The summed E-state index contributed by atoms with van der Waals surface area (Å²) >= 11 is 0. The van der Waals surface area contributed by atoms with Crippen molar-refractivity contribution in [1.82, 2.24) is 9.69 Å². The highest BCUT2D eigenvalue weighted by Gasteiger charge is 2.28. The van der Waals surface area contributed by atoms with Crippen molar-refractivity contribution in [2.45, 2.75) is 25.3 Å². The van der Waals surface area contributed by atoms with E-state index < -0.39 is 5.91 Å². The van der Waals surface area contributed by atoms with Crippen molar-refractivity contribution < 1.29 is 4.79 Å². The minimum atomic E-state index is -0.526. The average Bonchev–Trinajstić information content (AvgIpc) is 2.86. The van der Waals surface area contributed by atoms with Gasteiger partial charge in [-0.1, -0.05) is 0 Å². The fourth-order valence-electron chi connectivity index (χ4n) is 3.15. The van der Waals surface area contributed by atoms with Crippen LogP contribution < -0.4 is 5.73 Å². The summed E-state index contributed by atoms with van der Waals surface area (Å²) in [6.45, 7) is 0. The molecule has 1 aromatic heterocycles. The first-order valence-electron chi connectivity index (χ1n) is 6.92. The molecule has 0 saturated heterocycles. The Bertz CT molecular complexity index is 782. The van der Waals surface area contributed by atoms with Crippen LogP contribution in [-0.4, -0.2) is 28.7 Å². The highest BCUT2D eigenvalue weighted by Crippen LogP contribution is 2.34. The van der Waals surface area contributed by atoms with Gasteiger partial charge < -0.3 is 5.73 Å². The van der Waals surface area contributed by atoms with Crippen LogP contribution in [0.25, 0.3) is 10.9 Å². The summed E-state index contributed by atoms with van der Waals surface area (Å²) in [5, 5.41) is 8.20. The Hall–Kier alpha value is -2.77. The Morgan fingerprint density at radius 1 is 1.41 bits per heavy atom.